The molecule has 19 heavy (non-hydrogen) atoms. The van der Waals surface area contributed by atoms with Crippen molar-refractivity contribution in [3.63, 3.8) is 0 Å². The molecule has 0 aliphatic heterocycles. The monoisotopic (exact) mass is 257 g/mol. The molecule has 2 rings (SSSR count). The summed E-state index contributed by atoms with van der Waals surface area (Å²) in [6.45, 7) is 2.95. The molecule has 0 amide bonds. The Morgan fingerprint density at radius 3 is 2.79 bits per heavy atom. The molecular weight excluding hydrogens is 234 g/mol. The van der Waals surface area contributed by atoms with E-state index in [1.165, 1.54) is 12.8 Å². The standard InChI is InChI=1S/C17H23NO/c1-2-15-9-11-17(13-15,14-18)10-6-12-19-16-7-4-3-5-8-16/h3-5,7-8,15H,2,6,9-13H2,1H3. The van der Waals surface area contributed by atoms with Gasteiger partial charge in [-0.05, 0) is 50.2 Å². The van der Waals surface area contributed by atoms with Crippen LogP contribution in [-0.4, -0.2) is 6.61 Å². The molecule has 102 valence electrons. The number of nitriles is 1. The minimum atomic E-state index is -0.0687. The topological polar surface area (TPSA) is 33.0 Å². The van der Waals surface area contributed by atoms with Crippen molar-refractivity contribution in [2.45, 2.75) is 45.4 Å². The van der Waals surface area contributed by atoms with E-state index in [1.54, 1.807) is 0 Å². The number of ether oxygens (including phenoxy) is 1. The maximum atomic E-state index is 9.46. The van der Waals surface area contributed by atoms with Crippen LogP contribution >= 0.6 is 0 Å². The number of benzene rings is 1. The van der Waals surface area contributed by atoms with E-state index in [2.05, 4.69) is 13.0 Å². The van der Waals surface area contributed by atoms with E-state index >= 15 is 0 Å². The van der Waals surface area contributed by atoms with E-state index in [-0.39, 0.29) is 5.41 Å². The molecule has 0 spiro atoms. The molecule has 0 aromatic heterocycles. The maximum absolute atomic E-state index is 9.46. The van der Waals surface area contributed by atoms with Gasteiger partial charge in [-0.3, -0.25) is 0 Å². The zero-order valence-electron chi connectivity index (χ0n) is 11.8. The fraction of sp³-hybridized carbons (Fsp3) is 0.588. The zero-order valence-corrected chi connectivity index (χ0v) is 11.8. The van der Waals surface area contributed by atoms with Gasteiger partial charge in [-0.1, -0.05) is 31.5 Å². The molecule has 1 aliphatic carbocycles. The first kappa shape index (κ1) is 13.9. The third kappa shape index (κ3) is 3.73. The number of rotatable bonds is 6. The Balaban J connectivity index is 1.74. The highest BCUT2D eigenvalue weighted by Gasteiger charge is 2.38. The van der Waals surface area contributed by atoms with Gasteiger partial charge in [0.05, 0.1) is 18.1 Å². The van der Waals surface area contributed by atoms with Crippen molar-refractivity contribution >= 4 is 0 Å². The molecule has 1 aromatic rings. The Hall–Kier alpha value is -1.49. The lowest BCUT2D eigenvalue weighted by atomic mass is 9.82. The number of hydrogen-bond donors (Lipinski definition) is 0. The molecule has 2 heteroatoms. The van der Waals surface area contributed by atoms with Gasteiger partial charge in [0.15, 0.2) is 0 Å². The van der Waals surface area contributed by atoms with Crippen LogP contribution in [0.5, 0.6) is 5.75 Å². The SMILES string of the molecule is CCC1CCC(C#N)(CCCOc2ccccc2)C1. The molecule has 0 N–H and O–H groups in total. The predicted molar refractivity (Wildman–Crippen MR) is 76.8 cm³/mol. The minimum absolute atomic E-state index is 0.0687. The summed E-state index contributed by atoms with van der Waals surface area (Å²) >= 11 is 0. The summed E-state index contributed by atoms with van der Waals surface area (Å²) in [5.74, 6) is 1.68. The Kier molecular flexibility index (Phi) is 4.85. The fourth-order valence-corrected chi connectivity index (χ4v) is 3.09. The Morgan fingerprint density at radius 1 is 1.37 bits per heavy atom. The molecule has 2 unspecified atom stereocenters. The molecule has 1 saturated carbocycles. The van der Waals surface area contributed by atoms with Crippen LogP contribution in [0.4, 0.5) is 0 Å². The first-order valence-electron chi connectivity index (χ1n) is 7.37. The summed E-state index contributed by atoms with van der Waals surface area (Å²) in [7, 11) is 0. The van der Waals surface area contributed by atoms with E-state index in [9.17, 15) is 5.26 Å². The lowest BCUT2D eigenvalue weighted by Crippen LogP contribution is -2.16. The fourth-order valence-electron chi connectivity index (χ4n) is 3.09. The van der Waals surface area contributed by atoms with Gasteiger partial charge in [0.1, 0.15) is 5.75 Å². The molecular formula is C17H23NO. The van der Waals surface area contributed by atoms with Crippen molar-refractivity contribution in [2.75, 3.05) is 6.61 Å². The highest BCUT2D eigenvalue weighted by molar-refractivity contribution is 5.20. The van der Waals surface area contributed by atoms with Crippen LogP contribution in [0.25, 0.3) is 0 Å². The molecule has 0 saturated heterocycles. The lowest BCUT2D eigenvalue weighted by molar-refractivity contribution is 0.266. The molecule has 2 nitrogen and oxygen atoms in total. The van der Waals surface area contributed by atoms with Gasteiger partial charge >= 0.3 is 0 Å². The van der Waals surface area contributed by atoms with E-state index in [4.69, 9.17) is 4.74 Å². The van der Waals surface area contributed by atoms with Gasteiger partial charge in [-0.2, -0.15) is 5.26 Å². The van der Waals surface area contributed by atoms with Gasteiger partial charge in [0.2, 0.25) is 0 Å². The lowest BCUT2D eigenvalue weighted by Gasteiger charge is -2.20. The van der Waals surface area contributed by atoms with Crippen LogP contribution in [0.3, 0.4) is 0 Å². The second-order valence-electron chi connectivity index (χ2n) is 5.67. The normalized spacial score (nSPS) is 26.0. The van der Waals surface area contributed by atoms with Crippen LogP contribution in [0.1, 0.15) is 45.4 Å². The summed E-state index contributed by atoms with van der Waals surface area (Å²) in [6.07, 6.45) is 6.55. The Morgan fingerprint density at radius 2 is 2.16 bits per heavy atom. The van der Waals surface area contributed by atoms with Gasteiger partial charge in [0.25, 0.3) is 0 Å². The van der Waals surface area contributed by atoms with Gasteiger partial charge in [-0.25, -0.2) is 0 Å². The van der Waals surface area contributed by atoms with E-state index in [0.29, 0.717) is 6.61 Å². The van der Waals surface area contributed by atoms with Crippen molar-refractivity contribution in [1.29, 1.82) is 5.26 Å². The van der Waals surface area contributed by atoms with Crippen LogP contribution in [0, 0.1) is 22.7 Å². The predicted octanol–water partition coefficient (Wildman–Crippen LogP) is 4.57. The number of hydrogen-bond acceptors (Lipinski definition) is 2. The van der Waals surface area contributed by atoms with E-state index in [1.807, 2.05) is 30.3 Å². The molecule has 0 radical (unpaired) electrons. The van der Waals surface area contributed by atoms with Gasteiger partial charge in [-0.15, -0.1) is 0 Å². The first-order valence-corrected chi connectivity index (χ1v) is 7.37. The quantitative estimate of drug-likeness (QED) is 0.699. The highest BCUT2D eigenvalue weighted by atomic mass is 16.5. The molecule has 0 heterocycles. The van der Waals surface area contributed by atoms with Crippen molar-refractivity contribution < 1.29 is 4.74 Å². The summed E-state index contributed by atoms with van der Waals surface area (Å²) < 4.78 is 5.70. The van der Waals surface area contributed by atoms with Crippen LogP contribution < -0.4 is 4.74 Å². The van der Waals surface area contributed by atoms with Crippen molar-refractivity contribution in [1.82, 2.24) is 0 Å². The van der Waals surface area contributed by atoms with Crippen LogP contribution in [0.15, 0.2) is 30.3 Å². The Labute approximate surface area is 116 Å². The summed E-state index contributed by atoms with van der Waals surface area (Å²) in [4.78, 5) is 0. The largest absolute Gasteiger partial charge is 0.494 e. The van der Waals surface area contributed by atoms with E-state index in [0.717, 1.165) is 37.4 Å². The second-order valence-corrected chi connectivity index (χ2v) is 5.67. The summed E-state index contributed by atoms with van der Waals surface area (Å²) in [5.41, 5.74) is -0.0687. The zero-order chi connectivity index (χ0) is 13.6. The Bertz CT molecular complexity index is 423. The minimum Gasteiger partial charge on any atom is -0.494 e. The number of para-hydroxylation sites is 1. The first-order chi connectivity index (χ1) is 9.28. The molecule has 1 aliphatic rings. The molecule has 1 fully saturated rings. The molecule has 2 atom stereocenters. The molecule has 0 bridgehead atoms. The van der Waals surface area contributed by atoms with Crippen LogP contribution in [-0.2, 0) is 0 Å². The summed E-state index contributed by atoms with van der Waals surface area (Å²) in [5, 5.41) is 9.46. The smallest absolute Gasteiger partial charge is 0.119 e. The molecule has 1 aromatic carbocycles. The third-order valence-corrected chi connectivity index (χ3v) is 4.34. The number of nitrogens with zero attached hydrogens (tertiary/aromatic N) is 1. The summed E-state index contributed by atoms with van der Waals surface area (Å²) in [6, 6.07) is 12.5. The van der Waals surface area contributed by atoms with Crippen molar-refractivity contribution in [3.05, 3.63) is 30.3 Å². The van der Waals surface area contributed by atoms with Crippen molar-refractivity contribution in [3.8, 4) is 11.8 Å². The second kappa shape index (κ2) is 6.61. The van der Waals surface area contributed by atoms with Crippen LogP contribution in [0.2, 0.25) is 0 Å². The maximum Gasteiger partial charge on any atom is 0.119 e. The highest BCUT2D eigenvalue weighted by Crippen LogP contribution is 2.45. The van der Waals surface area contributed by atoms with Crippen molar-refractivity contribution in [2.24, 2.45) is 11.3 Å². The average Bonchev–Trinajstić information content (AvgIpc) is 2.89. The van der Waals surface area contributed by atoms with E-state index < -0.39 is 0 Å². The average molecular weight is 257 g/mol. The third-order valence-electron chi connectivity index (χ3n) is 4.34. The van der Waals surface area contributed by atoms with Gasteiger partial charge < -0.3 is 4.74 Å². The van der Waals surface area contributed by atoms with Gasteiger partial charge in [0, 0.05) is 0 Å².